The molecule has 0 radical (unpaired) electrons. The lowest BCUT2D eigenvalue weighted by molar-refractivity contribution is -0.146. The monoisotopic (exact) mass is 514 g/mol. The third-order valence-electron chi connectivity index (χ3n) is 6.81. The number of hydrogen-bond donors (Lipinski definition) is 4. The standard InChI is InChI=1S/C27H35FN4O5/c1-5-24(33)32(17(3)25(26(34)35)19-12-13-29-15-20(19)28)18-10-11-22(23(14-18)37-4)31-27(36)30-21-9-7-6-8-16(21)2/h6-11,14,17,19-20,25,29H,5,12-13,15H2,1-4H3,(H,34,35)(H2,30,31,36). The van der Waals surface area contributed by atoms with E-state index in [9.17, 15) is 23.9 Å². The van der Waals surface area contributed by atoms with E-state index in [4.69, 9.17) is 4.74 Å². The van der Waals surface area contributed by atoms with E-state index in [0.717, 1.165) is 5.56 Å². The van der Waals surface area contributed by atoms with Gasteiger partial charge in [-0.1, -0.05) is 25.1 Å². The minimum Gasteiger partial charge on any atom is -0.494 e. The summed E-state index contributed by atoms with van der Waals surface area (Å²) in [6.07, 6.45) is -0.842. The van der Waals surface area contributed by atoms with Crippen LogP contribution in [-0.4, -0.2) is 55.4 Å². The first-order chi connectivity index (χ1) is 17.7. The third kappa shape index (κ3) is 6.56. The van der Waals surface area contributed by atoms with Crippen LogP contribution in [0.15, 0.2) is 42.5 Å². The summed E-state index contributed by atoms with van der Waals surface area (Å²) < 4.78 is 20.2. The predicted octanol–water partition coefficient (Wildman–Crippen LogP) is 4.43. The number of benzene rings is 2. The highest BCUT2D eigenvalue weighted by Gasteiger charge is 2.42. The summed E-state index contributed by atoms with van der Waals surface area (Å²) in [6.45, 7) is 5.80. The highest BCUT2D eigenvalue weighted by Crippen LogP contribution is 2.36. The van der Waals surface area contributed by atoms with Crippen LogP contribution in [0.25, 0.3) is 0 Å². The van der Waals surface area contributed by atoms with Crippen LogP contribution in [0.3, 0.4) is 0 Å². The second kappa shape index (κ2) is 12.5. The number of halogens is 1. The van der Waals surface area contributed by atoms with E-state index in [0.29, 0.717) is 30.0 Å². The Hall–Kier alpha value is -3.66. The Bertz CT molecular complexity index is 1130. The highest BCUT2D eigenvalue weighted by atomic mass is 19.1. The number of hydrogen-bond acceptors (Lipinski definition) is 5. The van der Waals surface area contributed by atoms with Gasteiger partial charge in [-0.15, -0.1) is 0 Å². The van der Waals surface area contributed by atoms with E-state index in [2.05, 4.69) is 16.0 Å². The largest absolute Gasteiger partial charge is 0.494 e. The van der Waals surface area contributed by atoms with Crippen LogP contribution < -0.4 is 25.6 Å². The van der Waals surface area contributed by atoms with E-state index < -0.39 is 36.0 Å². The molecule has 0 aromatic heterocycles. The maximum absolute atomic E-state index is 14.7. The van der Waals surface area contributed by atoms with Crippen LogP contribution in [0.1, 0.15) is 32.3 Å². The number of piperidine rings is 1. The van der Waals surface area contributed by atoms with E-state index >= 15 is 0 Å². The number of ether oxygens (including phenoxy) is 1. The summed E-state index contributed by atoms with van der Waals surface area (Å²) in [5.74, 6) is -2.99. The number of carbonyl (C=O) groups is 3. The zero-order chi connectivity index (χ0) is 27.1. The molecule has 1 saturated heterocycles. The molecule has 0 bridgehead atoms. The minimum atomic E-state index is -1.33. The van der Waals surface area contributed by atoms with Crippen molar-refractivity contribution >= 4 is 35.0 Å². The van der Waals surface area contributed by atoms with Gasteiger partial charge in [-0.25, -0.2) is 9.18 Å². The van der Waals surface area contributed by atoms with Crippen LogP contribution in [-0.2, 0) is 9.59 Å². The molecule has 4 N–H and O–H groups in total. The molecule has 1 fully saturated rings. The molecule has 4 unspecified atom stereocenters. The quantitative estimate of drug-likeness (QED) is 0.393. The van der Waals surface area contributed by atoms with Gasteiger partial charge in [0.1, 0.15) is 11.9 Å². The first-order valence-electron chi connectivity index (χ1n) is 12.4. The van der Waals surface area contributed by atoms with Crippen molar-refractivity contribution < 1.29 is 28.6 Å². The normalized spacial score (nSPS) is 18.8. The number of nitrogens with one attached hydrogen (secondary N) is 3. The lowest BCUT2D eigenvalue weighted by Gasteiger charge is -2.39. The van der Waals surface area contributed by atoms with Gasteiger partial charge in [-0.2, -0.15) is 0 Å². The minimum absolute atomic E-state index is 0.0850. The number of carbonyl (C=O) groups excluding carboxylic acids is 2. The Morgan fingerprint density at radius 3 is 2.51 bits per heavy atom. The van der Waals surface area contributed by atoms with Crippen molar-refractivity contribution in [3.63, 3.8) is 0 Å². The molecule has 0 aliphatic carbocycles. The van der Waals surface area contributed by atoms with E-state index in [-0.39, 0.29) is 24.6 Å². The second-order valence-corrected chi connectivity index (χ2v) is 9.17. The van der Waals surface area contributed by atoms with Gasteiger partial charge in [0.15, 0.2) is 0 Å². The number of para-hydroxylation sites is 1. The molecule has 200 valence electrons. The number of amides is 3. The number of carboxylic acids is 1. The molecule has 37 heavy (non-hydrogen) atoms. The Labute approximate surface area is 216 Å². The number of rotatable bonds is 9. The lowest BCUT2D eigenvalue weighted by Crippen LogP contribution is -2.52. The Morgan fingerprint density at radius 2 is 1.89 bits per heavy atom. The topological polar surface area (TPSA) is 120 Å². The first-order valence-corrected chi connectivity index (χ1v) is 12.4. The number of anilines is 3. The fraction of sp³-hybridized carbons (Fsp3) is 0.444. The lowest BCUT2D eigenvalue weighted by atomic mass is 9.79. The van der Waals surface area contributed by atoms with Crippen molar-refractivity contribution in [3.05, 3.63) is 48.0 Å². The fourth-order valence-corrected chi connectivity index (χ4v) is 4.85. The summed E-state index contributed by atoms with van der Waals surface area (Å²) in [5.41, 5.74) is 2.33. The molecule has 1 aliphatic rings. The fourth-order valence-electron chi connectivity index (χ4n) is 4.85. The molecule has 1 heterocycles. The molecule has 3 amide bonds. The van der Waals surface area contributed by atoms with Crippen LogP contribution in [0.2, 0.25) is 0 Å². The van der Waals surface area contributed by atoms with Gasteiger partial charge in [0, 0.05) is 42.4 Å². The van der Waals surface area contributed by atoms with Crippen LogP contribution >= 0.6 is 0 Å². The van der Waals surface area contributed by atoms with Gasteiger partial charge in [0.25, 0.3) is 0 Å². The summed E-state index contributed by atoms with van der Waals surface area (Å²) >= 11 is 0. The first kappa shape index (κ1) is 27.9. The van der Waals surface area contributed by atoms with Crippen molar-refractivity contribution in [2.45, 2.75) is 45.8 Å². The summed E-state index contributed by atoms with van der Waals surface area (Å²) in [7, 11) is 1.43. The molecule has 0 spiro atoms. The highest BCUT2D eigenvalue weighted by molar-refractivity contribution is 6.02. The smallest absolute Gasteiger partial charge is 0.323 e. The van der Waals surface area contributed by atoms with Crippen LogP contribution in [0.5, 0.6) is 5.75 Å². The number of aryl methyl sites for hydroxylation is 1. The Kier molecular flexibility index (Phi) is 9.46. The summed E-state index contributed by atoms with van der Waals surface area (Å²) in [5, 5.41) is 18.5. The van der Waals surface area contributed by atoms with Gasteiger partial charge < -0.3 is 30.7 Å². The number of carboxylic acid groups (broad SMARTS) is 1. The number of urea groups is 1. The Balaban J connectivity index is 1.89. The van der Waals surface area contributed by atoms with Gasteiger partial charge in [-0.05, 0) is 50.6 Å². The molecule has 1 aliphatic heterocycles. The van der Waals surface area contributed by atoms with Gasteiger partial charge in [-0.3, -0.25) is 9.59 Å². The zero-order valence-electron chi connectivity index (χ0n) is 21.6. The zero-order valence-corrected chi connectivity index (χ0v) is 21.6. The number of aliphatic carboxylic acids is 1. The molecule has 2 aromatic carbocycles. The molecule has 10 heteroatoms. The van der Waals surface area contributed by atoms with Gasteiger partial charge in [0.2, 0.25) is 5.91 Å². The average Bonchev–Trinajstić information content (AvgIpc) is 2.87. The van der Waals surface area contributed by atoms with Crippen LogP contribution in [0, 0.1) is 18.8 Å². The molecular weight excluding hydrogens is 479 g/mol. The number of methoxy groups -OCH3 is 1. The summed E-state index contributed by atoms with van der Waals surface area (Å²) in [6, 6.07) is 10.8. The third-order valence-corrected chi connectivity index (χ3v) is 6.81. The second-order valence-electron chi connectivity index (χ2n) is 9.17. The van der Waals surface area contributed by atoms with E-state index in [1.54, 1.807) is 38.1 Å². The van der Waals surface area contributed by atoms with Crippen LogP contribution in [0.4, 0.5) is 26.2 Å². The maximum atomic E-state index is 14.7. The number of nitrogens with zero attached hydrogens (tertiary/aromatic N) is 1. The molecule has 2 aromatic rings. The Morgan fingerprint density at radius 1 is 1.19 bits per heavy atom. The van der Waals surface area contributed by atoms with Crippen molar-refractivity contribution in [2.24, 2.45) is 11.8 Å². The average molecular weight is 515 g/mol. The number of alkyl halides is 1. The van der Waals surface area contributed by atoms with Crippen molar-refractivity contribution in [3.8, 4) is 5.75 Å². The molecule has 9 nitrogen and oxygen atoms in total. The molecule has 0 saturated carbocycles. The predicted molar refractivity (Wildman–Crippen MR) is 141 cm³/mol. The molecule has 3 rings (SSSR count). The van der Waals surface area contributed by atoms with Crippen molar-refractivity contribution in [2.75, 3.05) is 35.7 Å². The molecular formula is C27H35FN4O5. The maximum Gasteiger partial charge on any atom is 0.323 e. The molecule has 4 atom stereocenters. The van der Waals surface area contributed by atoms with Crippen molar-refractivity contribution in [1.82, 2.24) is 5.32 Å². The van der Waals surface area contributed by atoms with E-state index in [1.807, 2.05) is 25.1 Å². The van der Waals surface area contributed by atoms with E-state index in [1.165, 1.54) is 12.0 Å². The summed E-state index contributed by atoms with van der Waals surface area (Å²) in [4.78, 5) is 39.4. The van der Waals surface area contributed by atoms with Gasteiger partial charge >= 0.3 is 12.0 Å². The van der Waals surface area contributed by atoms with Gasteiger partial charge in [0.05, 0.1) is 18.7 Å². The van der Waals surface area contributed by atoms with Crippen molar-refractivity contribution in [1.29, 1.82) is 0 Å². The SMILES string of the molecule is CCC(=O)N(c1ccc(NC(=O)Nc2ccccc2C)c(OC)c1)C(C)C(C(=O)O)C1CCNCC1F.